The summed E-state index contributed by atoms with van der Waals surface area (Å²) >= 11 is 0. The summed E-state index contributed by atoms with van der Waals surface area (Å²) < 4.78 is 12.9. The maximum atomic E-state index is 13.5. The van der Waals surface area contributed by atoms with Crippen LogP contribution in [0.1, 0.15) is 61.1 Å². The first-order valence-electron chi connectivity index (χ1n) is 11.6. The zero-order valence-corrected chi connectivity index (χ0v) is 22.4. The lowest BCUT2D eigenvalue weighted by Gasteiger charge is -2.38. The smallest absolute Gasteiger partial charge is 0.332 e. The Labute approximate surface area is 195 Å². The number of carbonyl (C=O) groups excluding carboxylic acids is 1. The van der Waals surface area contributed by atoms with Gasteiger partial charge in [-0.3, -0.25) is 0 Å². The largest absolute Gasteiger partial charge is 0.463 e. The summed E-state index contributed by atoms with van der Waals surface area (Å²) in [6.07, 6.45) is 1.90. The average Bonchev–Trinajstić information content (AvgIpc) is 3.01. The van der Waals surface area contributed by atoms with Gasteiger partial charge >= 0.3 is 5.97 Å². The molecule has 0 spiro atoms. The van der Waals surface area contributed by atoms with Crippen molar-refractivity contribution in [1.82, 2.24) is 0 Å². The summed E-state index contributed by atoms with van der Waals surface area (Å²) in [6, 6.07) is 8.86. The van der Waals surface area contributed by atoms with Crippen LogP contribution in [0.5, 0.6) is 0 Å². The molecule has 3 rings (SSSR count). The molecule has 4 heteroatoms. The van der Waals surface area contributed by atoms with Crippen LogP contribution in [0.2, 0.25) is 0 Å². The maximum absolute atomic E-state index is 13.5. The summed E-state index contributed by atoms with van der Waals surface area (Å²) in [5, 5.41) is 3.10. The molecule has 0 aromatic heterocycles. The quantitative estimate of drug-likeness (QED) is 0.482. The Morgan fingerprint density at radius 2 is 1.28 bits per heavy atom. The lowest BCUT2D eigenvalue weighted by molar-refractivity contribution is -0.137. The summed E-state index contributed by atoms with van der Waals surface area (Å²) in [4.78, 5) is 13.5. The van der Waals surface area contributed by atoms with Gasteiger partial charge in [0.05, 0.1) is 17.9 Å². The van der Waals surface area contributed by atoms with Crippen molar-refractivity contribution in [2.45, 2.75) is 75.3 Å². The molecule has 0 radical (unpaired) electrons. The molecule has 0 saturated heterocycles. The van der Waals surface area contributed by atoms with Gasteiger partial charge < -0.3 is 9.16 Å². The monoisotopic (exact) mass is 450 g/mol. The molecular weight excluding hydrogens is 412 g/mol. The van der Waals surface area contributed by atoms with Crippen molar-refractivity contribution in [2.75, 3.05) is 6.61 Å². The molecule has 2 aromatic rings. The second-order valence-corrected chi connectivity index (χ2v) is 13.6. The third-order valence-electron chi connectivity index (χ3n) is 6.41. The van der Waals surface area contributed by atoms with Crippen LogP contribution in [-0.4, -0.2) is 27.0 Å². The minimum absolute atomic E-state index is 0.147. The van der Waals surface area contributed by atoms with E-state index in [1.54, 1.807) is 0 Å². The summed E-state index contributed by atoms with van der Waals surface area (Å²) in [7, 11) is -3.12. The number of hydrogen-bond donors (Lipinski definition) is 0. The number of benzene rings is 2. The second-order valence-electron chi connectivity index (χ2n) is 10.4. The minimum atomic E-state index is -3.12. The van der Waals surface area contributed by atoms with E-state index in [0.29, 0.717) is 6.61 Å². The molecule has 0 aliphatic carbocycles. The molecule has 0 N–H and O–H groups in total. The van der Waals surface area contributed by atoms with Gasteiger partial charge in [0.25, 0.3) is 8.32 Å². The fourth-order valence-corrected chi connectivity index (χ4v) is 10.6. The molecule has 1 aliphatic heterocycles. The lowest BCUT2D eigenvalue weighted by atomic mass is 9.89. The van der Waals surface area contributed by atoms with E-state index in [9.17, 15) is 4.79 Å². The normalized spacial score (nSPS) is 17.9. The molecule has 0 fully saturated rings. The van der Waals surface area contributed by atoms with Crippen LogP contribution >= 0.6 is 0 Å². The Bertz CT molecular complexity index is 985. The third-order valence-corrected chi connectivity index (χ3v) is 11.1. The van der Waals surface area contributed by atoms with Crippen LogP contribution in [-0.2, 0) is 14.0 Å². The van der Waals surface area contributed by atoms with Gasteiger partial charge in [-0.1, -0.05) is 56.2 Å². The molecule has 2 aromatic carbocycles. The van der Waals surface area contributed by atoms with Gasteiger partial charge in [0, 0.05) is 0 Å². The molecule has 172 valence electrons. The highest BCUT2D eigenvalue weighted by atomic mass is 28.4. The Morgan fingerprint density at radius 1 is 0.875 bits per heavy atom. The maximum Gasteiger partial charge on any atom is 0.332 e. The summed E-state index contributed by atoms with van der Waals surface area (Å²) in [6.45, 7) is 21.6. The number of rotatable bonds is 4. The van der Waals surface area contributed by atoms with Gasteiger partial charge in [-0.15, -0.1) is 0 Å². The fourth-order valence-electron chi connectivity index (χ4n) is 5.39. The lowest BCUT2D eigenvalue weighted by Crippen LogP contribution is -2.66. The van der Waals surface area contributed by atoms with E-state index in [2.05, 4.69) is 92.7 Å². The first-order valence-corrected chi connectivity index (χ1v) is 13.5. The van der Waals surface area contributed by atoms with Crippen LogP contribution in [0.15, 0.2) is 35.5 Å². The van der Waals surface area contributed by atoms with Crippen LogP contribution in [0.3, 0.4) is 0 Å². The third kappa shape index (κ3) is 4.11. The minimum Gasteiger partial charge on any atom is -0.463 e. The van der Waals surface area contributed by atoms with Gasteiger partial charge in [-0.2, -0.15) is 0 Å². The molecule has 1 heterocycles. The highest BCUT2D eigenvalue weighted by Crippen LogP contribution is 2.38. The average molecular weight is 451 g/mol. The van der Waals surface area contributed by atoms with Crippen LogP contribution in [0.4, 0.5) is 0 Å². The van der Waals surface area contributed by atoms with E-state index in [4.69, 9.17) is 9.16 Å². The second kappa shape index (κ2) is 8.64. The van der Waals surface area contributed by atoms with E-state index in [-0.39, 0.29) is 17.5 Å². The molecule has 1 unspecified atom stereocenters. The van der Waals surface area contributed by atoms with E-state index in [1.165, 1.54) is 43.8 Å². The van der Waals surface area contributed by atoms with Crippen molar-refractivity contribution in [1.29, 1.82) is 0 Å². The van der Waals surface area contributed by atoms with Gasteiger partial charge in [-0.25, -0.2) is 4.79 Å². The standard InChI is InChI=1S/C28H38O3Si/c1-11-30-27(29)23-16-24(28(8,9)10)31-32(23,25-19(4)12-17(2)13-20(25)5)26-21(6)14-18(3)15-22(26)7/h12-16,24H,11H2,1-10H3. The van der Waals surface area contributed by atoms with Crippen molar-refractivity contribution in [3.63, 3.8) is 0 Å². The fraction of sp³-hybridized carbons (Fsp3) is 0.464. The van der Waals surface area contributed by atoms with E-state index < -0.39 is 8.32 Å². The Morgan fingerprint density at radius 3 is 1.62 bits per heavy atom. The number of aryl methyl sites for hydroxylation is 6. The van der Waals surface area contributed by atoms with Gasteiger partial charge in [0.1, 0.15) is 0 Å². The molecule has 3 nitrogen and oxygen atoms in total. The van der Waals surface area contributed by atoms with Crippen LogP contribution in [0, 0.1) is 47.0 Å². The Hall–Kier alpha value is -2.17. The van der Waals surface area contributed by atoms with Gasteiger partial charge in [-0.05, 0) is 92.6 Å². The molecule has 1 atom stereocenters. The van der Waals surface area contributed by atoms with E-state index in [1.807, 2.05) is 6.92 Å². The first-order chi connectivity index (χ1) is 14.8. The highest BCUT2D eigenvalue weighted by molar-refractivity contribution is 7.06. The predicted molar refractivity (Wildman–Crippen MR) is 135 cm³/mol. The Balaban J connectivity index is 2.49. The molecule has 0 bridgehead atoms. The van der Waals surface area contributed by atoms with Crippen LogP contribution < -0.4 is 10.4 Å². The number of esters is 1. The zero-order valence-electron chi connectivity index (χ0n) is 21.4. The molecule has 1 aliphatic rings. The van der Waals surface area contributed by atoms with Crippen molar-refractivity contribution >= 4 is 24.7 Å². The SMILES string of the molecule is CCOC(=O)C1=CC(C(C)(C)C)O[Si]1(c1c(C)cc(C)cc1C)c1c(C)cc(C)cc1C. The Kier molecular flexibility index (Phi) is 6.61. The van der Waals surface area contributed by atoms with E-state index >= 15 is 0 Å². The number of carbonyl (C=O) groups is 1. The van der Waals surface area contributed by atoms with Crippen molar-refractivity contribution in [2.24, 2.45) is 5.41 Å². The van der Waals surface area contributed by atoms with Crippen molar-refractivity contribution in [3.8, 4) is 0 Å². The van der Waals surface area contributed by atoms with Crippen molar-refractivity contribution in [3.05, 3.63) is 68.9 Å². The van der Waals surface area contributed by atoms with E-state index in [0.717, 1.165) is 5.20 Å². The van der Waals surface area contributed by atoms with Crippen LogP contribution in [0.25, 0.3) is 0 Å². The first kappa shape index (κ1) is 24.5. The van der Waals surface area contributed by atoms with Crippen molar-refractivity contribution < 1.29 is 14.0 Å². The molecule has 32 heavy (non-hydrogen) atoms. The summed E-state index contributed by atoms with van der Waals surface area (Å²) in [5.41, 5.74) is 7.01. The highest BCUT2D eigenvalue weighted by Gasteiger charge is 2.56. The zero-order chi connectivity index (χ0) is 24.0. The van der Waals surface area contributed by atoms with Gasteiger partial charge in [0.15, 0.2) is 0 Å². The predicted octanol–water partition coefficient (Wildman–Crippen LogP) is 5.07. The molecule has 0 amide bonds. The molecular formula is C28H38O3Si. The topological polar surface area (TPSA) is 35.5 Å². The van der Waals surface area contributed by atoms with Gasteiger partial charge in [0.2, 0.25) is 0 Å². The molecule has 0 saturated carbocycles. The number of ether oxygens (including phenoxy) is 1. The number of hydrogen-bond acceptors (Lipinski definition) is 3. The summed E-state index contributed by atoms with van der Waals surface area (Å²) in [5.74, 6) is -0.246.